The van der Waals surface area contributed by atoms with Crippen molar-refractivity contribution in [2.24, 2.45) is 11.8 Å². The predicted molar refractivity (Wildman–Crippen MR) is 94.9 cm³/mol. The van der Waals surface area contributed by atoms with Crippen molar-refractivity contribution in [3.05, 3.63) is 33.9 Å². The average molecular weight is 358 g/mol. The standard InChI is InChI=1S/C19H22N2O5/c22-19(20-8-7-13-3-1-2-4-15(13)11-20)6-5-14-9-17-18(26-12-25-17)10-16(14)21(23)24/h5-6,9-10,13,15H,1-4,7-8,11-12H2/b6-5+/t13-,15-/m0/s1. The molecular formula is C19H22N2O5. The second-order valence-electron chi connectivity index (χ2n) is 7.23. The second kappa shape index (κ2) is 6.97. The zero-order chi connectivity index (χ0) is 18.1. The van der Waals surface area contributed by atoms with Crippen LogP contribution in [0.5, 0.6) is 11.5 Å². The number of ether oxygens (including phenoxy) is 2. The van der Waals surface area contributed by atoms with Crippen LogP contribution in [0, 0.1) is 22.0 Å². The molecule has 0 radical (unpaired) electrons. The summed E-state index contributed by atoms with van der Waals surface area (Å²) in [7, 11) is 0. The number of likely N-dealkylation sites (tertiary alicyclic amines) is 1. The van der Waals surface area contributed by atoms with E-state index in [4.69, 9.17) is 9.47 Å². The van der Waals surface area contributed by atoms with Gasteiger partial charge in [0, 0.05) is 19.2 Å². The molecule has 2 heterocycles. The molecule has 138 valence electrons. The largest absolute Gasteiger partial charge is 0.454 e. The number of benzene rings is 1. The van der Waals surface area contributed by atoms with E-state index in [1.165, 1.54) is 43.9 Å². The predicted octanol–water partition coefficient (Wildman–Crippen LogP) is 3.38. The van der Waals surface area contributed by atoms with Crippen LogP contribution in [0.3, 0.4) is 0 Å². The maximum absolute atomic E-state index is 12.6. The molecule has 4 rings (SSSR count). The summed E-state index contributed by atoms with van der Waals surface area (Å²) < 4.78 is 10.5. The van der Waals surface area contributed by atoms with Crippen LogP contribution in [-0.2, 0) is 4.79 Å². The Kier molecular flexibility index (Phi) is 4.53. The fourth-order valence-corrected chi connectivity index (χ4v) is 4.31. The number of fused-ring (bicyclic) bond motifs is 2. The Morgan fingerprint density at radius 1 is 1.15 bits per heavy atom. The number of hydrogen-bond donors (Lipinski definition) is 0. The van der Waals surface area contributed by atoms with Crippen molar-refractivity contribution in [3.63, 3.8) is 0 Å². The van der Waals surface area contributed by atoms with E-state index in [9.17, 15) is 14.9 Å². The number of nitrogens with zero attached hydrogens (tertiary/aromatic N) is 2. The van der Waals surface area contributed by atoms with Gasteiger partial charge < -0.3 is 14.4 Å². The monoisotopic (exact) mass is 358 g/mol. The molecule has 1 aromatic rings. The lowest BCUT2D eigenvalue weighted by Gasteiger charge is -2.41. The van der Waals surface area contributed by atoms with Gasteiger partial charge in [0.25, 0.3) is 5.69 Å². The van der Waals surface area contributed by atoms with Crippen molar-refractivity contribution in [2.45, 2.75) is 32.1 Å². The van der Waals surface area contributed by atoms with Gasteiger partial charge in [0.1, 0.15) is 0 Å². The quantitative estimate of drug-likeness (QED) is 0.470. The van der Waals surface area contributed by atoms with E-state index in [0.29, 0.717) is 23.0 Å². The van der Waals surface area contributed by atoms with Crippen molar-refractivity contribution in [1.29, 1.82) is 0 Å². The van der Waals surface area contributed by atoms with Gasteiger partial charge in [-0.1, -0.05) is 19.3 Å². The Balaban J connectivity index is 1.49. The van der Waals surface area contributed by atoms with Crippen LogP contribution in [0.15, 0.2) is 18.2 Å². The van der Waals surface area contributed by atoms with E-state index in [-0.39, 0.29) is 18.4 Å². The fraction of sp³-hybridized carbons (Fsp3) is 0.526. The van der Waals surface area contributed by atoms with Crippen molar-refractivity contribution >= 4 is 17.7 Å². The minimum atomic E-state index is -0.473. The van der Waals surface area contributed by atoms with Crippen LogP contribution in [-0.4, -0.2) is 35.6 Å². The Morgan fingerprint density at radius 3 is 2.65 bits per heavy atom. The van der Waals surface area contributed by atoms with E-state index < -0.39 is 4.92 Å². The number of rotatable bonds is 3. The maximum Gasteiger partial charge on any atom is 0.280 e. The molecule has 1 aliphatic carbocycles. The third kappa shape index (κ3) is 3.25. The van der Waals surface area contributed by atoms with Gasteiger partial charge in [0.15, 0.2) is 11.5 Å². The van der Waals surface area contributed by atoms with Crippen molar-refractivity contribution in [2.75, 3.05) is 19.9 Å². The zero-order valence-electron chi connectivity index (χ0n) is 14.6. The molecule has 0 bridgehead atoms. The molecule has 0 spiro atoms. The zero-order valence-corrected chi connectivity index (χ0v) is 14.6. The average Bonchev–Trinajstić information content (AvgIpc) is 3.12. The summed E-state index contributed by atoms with van der Waals surface area (Å²) in [6, 6.07) is 2.90. The summed E-state index contributed by atoms with van der Waals surface area (Å²) in [5, 5.41) is 11.3. The molecule has 2 atom stereocenters. The Hall–Kier alpha value is -2.57. The van der Waals surface area contributed by atoms with E-state index >= 15 is 0 Å². The van der Waals surface area contributed by atoms with E-state index in [1.54, 1.807) is 6.07 Å². The van der Waals surface area contributed by atoms with Crippen molar-refractivity contribution in [1.82, 2.24) is 4.90 Å². The Morgan fingerprint density at radius 2 is 1.88 bits per heavy atom. The molecule has 0 unspecified atom stereocenters. The third-order valence-corrected chi connectivity index (χ3v) is 5.73. The summed E-state index contributed by atoms with van der Waals surface area (Å²) in [4.78, 5) is 25.3. The highest BCUT2D eigenvalue weighted by Gasteiger charge is 2.32. The number of carbonyl (C=O) groups is 1. The molecule has 7 nitrogen and oxygen atoms in total. The summed E-state index contributed by atoms with van der Waals surface area (Å²) in [5.41, 5.74) is 0.254. The number of hydrogen-bond acceptors (Lipinski definition) is 5. The number of nitro groups is 1. The third-order valence-electron chi connectivity index (χ3n) is 5.73. The molecule has 0 N–H and O–H groups in total. The van der Waals surface area contributed by atoms with Crippen molar-refractivity contribution < 1.29 is 19.2 Å². The molecule has 3 aliphatic rings. The van der Waals surface area contributed by atoms with Crippen LogP contribution in [0.25, 0.3) is 6.08 Å². The van der Waals surface area contributed by atoms with Crippen LogP contribution in [0.1, 0.15) is 37.7 Å². The molecule has 1 amide bonds. The van der Waals surface area contributed by atoms with Gasteiger partial charge in [-0.2, -0.15) is 0 Å². The molecule has 1 aromatic carbocycles. The molecule has 7 heteroatoms. The molecule has 1 saturated heterocycles. The highest BCUT2D eigenvalue weighted by Crippen LogP contribution is 2.39. The van der Waals surface area contributed by atoms with Crippen LogP contribution in [0.4, 0.5) is 5.69 Å². The van der Waals surface area contributed by atoms with Gasteiger partial charge in [-0.15, -0.1) is 0 Å². The van der Waals surface area contributed by atoms with E-state index in [2.05, 4.69) is 0 Å². The molecule has 0 aromatic heterocycles. The van der Waals surface area contributed by atoms with E-state index in [0.717, 1.165) is 25.4 Å². The lowest BCUT2D eigenvalue weighted by molar-refractivity contribution is -0.385. The van der Waals surface area contributed by atoms with Gasteiger partial charge in [0.05, 0.1) is 16.6 Å². The SMILES string of the molecule is O=C(/C=C/c1cc2c(cc1[N+](=O)[O-])OCO2)N1CC[C@@H]2CCCC[C@H]2C1. The first-order valence-corrected chi connectivity index (χ1v) is 9.17. The number of piperidine rings is 1. The minimum Gasteiger partial charge on any atom is -0.454 e. The summed E-state index contributed by atoms with van der Waals surface area (Å²) >= 11 is 0. The van der Waals surface area contributed by atoms with Crippen LogP contribution < -0.4 is 9.47 Å². The topological polar surface area (TPSA) is 81.9 Å². The lowest BCUT2D eigenvalue weighted by Crippen LogP contribution is -2.44. The van der Waals surface area contributed by atoms with Gasteiger partial charge >= 0.3 is 0 Å². The smallest absolute Gasteiger partial charge is 0.280 e. The maximum atomic E-state index is 12.6. The van der Waals surface area contributed by atoms with Gasteiger partial charge in [-0.3, -0.25) is 14.9 Å². The number of carbonyl (C=O) groups excluding carboxylic acids is 1. The second-order valence-corrected chi connectivity index (χ2v) is 7.23. The van der Waals surface area contributed by atoms with Gasteiger partial charge in [0.2, 0.25) is 12.7 Å². The molecular weight excluding hydrogens is 336 g/mol. The molecule has 26 heavy (non-hydrogen) atoms. The van der Waals surface area contributed by atoms with E-state index in [1.807, 2.05) is 4.90 Å². The number of amides is 1. The minimum absolute atomic E-state index is 0.0505. The summed E-state index contributed by atoms with van der Waals surface area (Å²) in [5.74, 6) is 2.10. The van der Waals surface area contributed by atoms with Crippen LogP contribution in [0.2, 0.25) is 0 Å². The van der Waals surface area contributed by atoms with Crippen LogP contribution >= 0.6 is 0 Å². The van der Waals surface area contributed by atoms with Gasteiger partial charge in [-0.05, 0) is 36.8 Å². The first-order chi connectivity index (χ1) is 12.6. The highest BCUT2D eigenvalue weighted by molar-refractivity contribution is 5.92. The van der Waals surface area contributed by atoms with Crippen molar-refractivity contribution in [3.8, 4) is 11.5 Å². The molecule has 1 saturated carbocycles. The Bertz CT molecular complexity index is 761. The Labute approximate surface area is 151 Å². The molecule has 2 fully saturated rings. The lowest BCUT2D eigenvalue weighted by atomic mass is 9.75. The summed E-state index contributed by atoms with van der Waals surface area (Å²) in [6.07, 6.45) is 9.06. The highest BCUT2D eigenvalue weighted by atomic mass is 16.7. The number of nitro benzene ring substituents is 1. The molecule has 2 aliphatic heterocycles. The fourth-order valence-electron chi connectivity index (χ4n) is 4.31. The first-order valence-electron chi connectivity index (χ1n) is 9.17. The normalized spacial score (nSPS) is 24.5. The first kappa shape index (κ1) is 16.9. The summed E-state index contributed by atoms with van der Waals surface area (Å²) in [6.45, 7) is 1.62. The van der Waals surface area contributed by atoms with Gasteiger partial charge in [-0.25, -0.2) is 0 Å².